The summed E-state index contributed by atoms with van der Waals surface area (Å²) in [6.07, 6.45) is 0. The predicted octanol–water partition coefficient (Wildman–Crippen LogP) is 4.24. The topological polar surface area (TPSA) is 62.3 Å². The molecule has 3 rings (SSSR count). The fourth-order valence-electron chi connectivity index (χ4n) is 2.70. The molecule has 1 N–H and O–H groups in total. The van der Waals surface area contributed by atoms with Crippen LogP contribution in [0.5, 0.6) is 0 Å². The molecule has 0 aliphatic rings. The molecule has 3 aromatic rings. The van der Waals surface area contributed by atoms with Gasteiger partial charge in [-0.1, -0.05) is 24.3 Å². The summed E-state index contributed by atoms with van der Waals surface area (Å²) in [6, 6.07) is 13.8. The number of rotatable bonds is 7. The van der Waals surface area contributed by atoms with Crippen LogP contribution in [0.25, 0.3) is 10.2 Å². The van der Waals surface area contributed by atoms with Gasteiger partial charge in [-0.2, -0.15) is 0 Å². The van der Waals surface area contributed by atoms with Crippen molar-refractivity contribution in [1.29, 1.82) is 0 Å². The lowest BCUT2D eigenvalue weighted by atomic mass is 10.1. The highest BCUT2D eigenvalue weighted by Crippen LogP contribution is 2.24. The van der Waals surface area contributed by atoms with Gasteiger partial charge in [0.15, 0.2) is 0 Å². The maximum Gasteiger partial charge on any atom is 0.243 e. The van der Waals surface area contributed by atoms with E-state index in [4.69, 9.17) is 0 Å². The van der Waals surface area contributed by atoms with Crippen LogP contribution in [0.1, 0.15) is 16.1 Å². The van der Waals surface area contributed by atoms with Crippen molar-refractivity contribution in [3.05, 3.63) is 58.6 Å². The zero-order chi connectivity index (χ0) is 20.1. The molecule has 2 aromatic carbocycles. The van der Waals surface area contributed by atoms with Crippen molar-refractivity contribution < 1.29 is 9.59 Å². The number of hydrogen-bond acceptors (Lipinski definition) is 5. The third-order valence-electron chi connectivity index (χ3n) is 4.47. The van der Waals surface area contributed by atoms with E-state index in [2.05, 4.69) is 16.4 Å². The van der Waals surface area contributed by atoms with Crippen LogP contribution in [-0.2, 0) is 15.3 Å². The molecule has 5 nitrogen and oxygen atoms in total. The van der Waals surface area contributed by atoms with Gasteiger partial charge in [-0.05, 0) is 43.2 Å². The number of thiazole rings is 1. The molecule has 0 radical (unpaired) electrons. The Morgan fingerprint density at radius 1 is 1.14 bits per heavy atom. The van der Waals surface area contributed by atoms with Gasteiger partial charge in [-0.15, -0.1) is 23.1 Å². The number of carbonyl (C=O) groups excluding carboxylic acids is 2. The van der Waals surface area contributed by atoms with Gasteiger partial charge in [-0.3, -0.25) is 9.59 Å². The molecule has 0 spiro atoms. The number of carbonyl (C=O) groups is 2. The van der Waals surface area contributed by atoms with Crippen molar-refractivity contribution in [2.45, 2.75) is 19.6 Å². The van der Waals surface area contributed by atoms with Crippen molar-refractivity contribution in [3.8, 4) is 0 Å². The van der Waals surface area contributed by atoms with E-state index >= 15 is 0 Å². The van der Waals surface area contributed by atoms with E-state index in [-0.39, 0.29) is 18.4 Å². The van der Waals surface area contributed by atoms with E-state index in [1.165, 1.54) is 16.7 Å². The Morgan fingerprint density at radius 3 is 2.71 bits per heavy atom. The Hall–Kier alpha value is -2.38. The van der Waals surface area contributed by atoms with Gasteiger partial charge in [0.1, 0.15) is 5.01 Å². The minimum atomic E-state index is -0.194. The van der Waals surface area contributed by atoms with Crippen LogP contribution in [0, 0.1) is 13.8 Å². The van der Waals surface area contributed by atoms with Gasteiger partial charge in [-0.25, -0.2) is 4.98 Å². The fraction of sp³-hybridized carbons (Fsp3) is 0.286. The van der Waals surface area contributed by atoms with Gasteiger partial charge >= 0.3 is 0 Å². The second-order valence-electron chi connectivity index (χ2n) is 6.61. The molecule has 7 heteroatoms. The summed E-state index contributed by atoms with van der Waals surface area (Å²) in [4.78, 5) is 30.6. The number of amides is 2. The van der Waals surface area contributed by atoms with Crippen molar-refractivity contribution in [3.63, 3.8) is 0 Å². The van der Waals surface area contributed by atoms with Crippen molar-refractivity contribution >= 4 is 50.8 Å². The standard InChI is InChI=1S/C21H23N3O2S2/c1-14-7-6-9-16(15(14)2)22-19(25)11-24(3)21(26)13-27-12-20-23-17-8-4-5-10-18(17)28-20/h4-10H,11-13H2,1-3H3,(H,22,25). The first-order valence-corrected chi connectivity index (χ1v) is 10.9. The Kier molecular flexibility index (Phi) is 6.70. The van der Waals surface area contributed by atoms with Crippen LogP contribution in [0.2, 0.25) is 0 Å². The third kappa shape index (κ3) is 5.11. The number of likely N-dealkylation sites (N-methyl/N-ethyl adjacent to an activating group) is 1. The first kappa shape index (κ1) is 20.4. The largest absolute Gasteiger partial charge is 0.336 e. The summed E-state index contributed by atoms with van der Waals surface area (Å²) in [5.41, 5.74) is 3.94. The number of aryl methyl sites for hydroxylation is 1. The number of hydrogen-bond donors (Lipinski definition) is 1. The molecular weight excluding hydrogens is 390 g/mol. The molecule has 0 saturated heterocycles. The quantitative estimate of drug-likeness (QED) is 0.629. The molecular formula is C21H23N3O2S2. The van der Waals surface area contributed by atoms with Crippen LogP contribution in [0.4, 0.5) is 5.69 Å². The summed E-state index contributed by atoms with van der Waals surface area (Å²) < 4.78 is 1.16. The Morgan fingerprint density at radius 2 is 1.93 bits per heavy atom. The van der Waals surface area contributed by atoms with Crippen LogP contribution in [-0.4, -0.2) is 41.0 Å². The molecule has 28 heavy (non-hydrogen) atoms. The molecule has 1 aromatic heterocycles. The van der Waals surface area contributed by atoms with E-state index in [1.54, 1.807) is 18.4 Å². The van der Waals surface area contributed by atoms with Gasteiger partial charge in [0.25, 0.3) is 0 Å². The molecule has 0 aliphatic heterocycles. The average molecular weight is 414 g/mol. The van der Waals surface area contributed by atoms with Gasteiger partial charge in [0, 0.05) is 18.5 Å². The fourth-order valence-corrected chi connectivity index (χ4v) is 4.68. The van der Waals surface area contributed by atoms with Crippen LogP contribution < -0.4 is 5.32 Å². The molecule has 0 fully saturated rings. The molecule has 0 saturated carbocycles. The Labute approximate surface area is 173 Å². The van der Waals surface area contributed by atoms with Crippen molar-refractivity contribution in [1.82, 2.24) is 9.88 Å². The zero-order valence-electron chi connectivity index (χ0n) is 16.2. The van der Waals surface area contributed by atoms with Gasteiger partial charge < -0.3 is 10.2 Å². The van der Waals surface area contributed by atoms with Crippen LogP contribution >= 0.6 is 23.1 Å². The average Bonchev–Trinajstić information content (AvgIpc) is 3.08. The van der Waals surface area contributed by atoms with E-state index in [1.807, 2.05) is 50.2 Å². The number of aromatic nitrogens is 1. The Balaban J connectivity index is 1.46. The molecule has 1 heterocycles. The smallest absolute Gasteiger partial charge is 0.243 e. The van der Waals surface area contributed by atoms with E-state index in [0.29, 0.717) is 11.5 Å². The number of nitrogens with one attached hydrogen (secondary N) is 1. The molecule has 0 unspecified atom stereocenters. The highest BCUT2D eigenvalue weighted by molar-refractivity contribution is 7.99. The lowest BCUT2D eigenvalue weighted by molar-refractivity contribution is -0.131. The monoisotopic (exact) mass is 413 g/mol. The maximum atomic E-state index is 12.3. The first-order valence-electron chi connectivity index (χ1n) is 8.96. The summed E-state index contributed by atoms with van der Waals surface area (Å²) >= 11 is 3.17. The second-order valence-corrected chi connectivity index (χ2v) is 8.71. The summed E-state index contributed by atoms with van der Waals surface area (Å²) in [6.45, 7) is 4.01. The second kappa shape index (κ2) is 9.21. The lowest BCUT2D eigenvalue weighted by Gasteiger charge is -2.17. The number of anilines is 1. The first-order chi connectivity index (χ1) is 13.4. The maximum absolute atomic E-state index is 12.3. The van der Waals surface area contributed by atoms with Crippen LogP contribution in [0.15, 0.2) is 42.5 Å². The SMILES string of the molecule is Cc1cccc(NC(=O)CN(C)C(=O)CSCc2nc3ccccc3s2)c1C. The van der Waals surface area contributed by atoms with Crippen LogP contribution in [0.3, 0.4) is 0 Å². The van der Waals surface area contributed by atoms with Gasteiger partial charge in [0.2, 0.25) is 11.8 Å². The molecule has 0 atom stereocenters. The molecule has 0 bridgehead atoms. The predicted molar refractivity (Wildman–Crippen MR) is 118 cm³/mol. The van der Waals surface area contributed by atoms with E-state index < -0.39 is 0 Å². The van der Waals surface area contributed by atoms with Crippen molar-refractivity contribution in [2.75, 3.05) is 24.7 Å². The minimum absolute atomic E-state index is 0.0356. The van der Waals surface area contributed by atoms with E-state index in [9.17, 15) is 9.59 Å². The zero-order valence-corrected chi connectivity index (χ0v) is 17.8. The number of nitrogens with zero attached hydrogens (tertiary/aromatic N) is 2. The lowest BCUT2D eigenvalue weighted by Crippen LogP contribution is -2.36. The number of benzene rings is 2. The van der Waals surface area contributed by atoms with E-state index in [0.717, 1.165) is 32.0 Å². The third-order valence-corrected chi connectivity index (χ3v) is 6.62. The highest BCUT2D eigenvalue weighted by Gasteiger charge is 2.14. The summed E-state index contributed by atoms with van der Waals surface area (Å²) in [5, 5.41) is 3.89. The normalized spacial score (nSPS) is 10.8. The minimum Gasteiger partial charge on any atom is -0.336 e. The molecule has 0 aliphatic carbocycles. The van der Waals surface area contributed by atoms with Crippen molar-refractivity contribution in [2.24, 2.45) is 0 Å². The molecule has 146 valence electrons. The summed E-state index contributed by atoms with van der Waals surface area (Å²) in [5.74, 6) is 0.750. The van der Waals surface area contributed by atoms with Gasteiger partial charge in [0.05, 0.1) is 22.5 Å². The number of fused-ring (bicyclic) bond motifs is 1. The number of thioether (sulfide) groups is 1. The molecule has 2 amide bonds. The highest BCUT2D eigenvalue weighted by atomic mass is 32.2. The summed E-state index contributed by atoms with van der Waals surface area (Å²) in [7, 11) is 1.66. The Bertz CT molecular complexity index is 967. The number of para-hydroxylation sites is 1.